The van der Waals surface area contributed by atoms with Gasteiger partial charge in [-0.25, -0.2) is 0 Å². The van der Waals surface area contributed by atoms with Crippen LogP contribution in [-0.2, 0) is 11.3 Å². The standard InChI is InChI=1S/C12H19N3O/c1-10(8-12(16)13-2)15(3)9-11-4-6-14-7-5-11/h4-7,10H,8-9H2,1-3H3,(H,13,16)/t10-/m0/s1. The van der Waals surface area contributed by atoms with E-state index in [4.69, 9.17) is 0 Å². The summed E-state index contributed by atoms with van der Waals surface area (Å²) in [6, 6.07) is 4.21. The van der Waals surface area contributed by atoms with E-state index in [1.807, 2.05) is 19.2 Å². The zero-order valence-electron chi connectivity index (χ0n) is 10.1. The molecule has 0 aliphatic rings. The minimum atomic E-state index is 0.0779. The summed E-state index contributed by atoms with van der Waals surface area (Å²) in [4.78, 5) is 17.4. The van der Waals surface area contributed by atoms with Crippen molar-refractivity contribution in [3.63, 3.8) is 0 Å². The Balaban J connectivity index is 2.46. The summed E-state index contributed by atoms with van der Waals surface area (Å²) in [6.45, 7) is 2.89. The predicted octanol–water partition coefficient (Wildman–Crippen LogP) is 1.04. The van der Waals surface area contributed by atoms with E-state index < -0.39 is 0 Å². The molecule has 0 bridgehead atoms. The summed E-state index contributed by atoms with van der Waals surface area (Å²) in [5, 5.41) is 2.64. The molecule has 0 aliphatic carbocycles. The van der Waals surface area contributed by atoms with Crippen LogP contribution in [-0.4, -0.2) is 35.9 Å². The highest BCUT2D eigenvalue weighted by Gasteiger charge is 2.12. The van der Waals surface area contributed by atoms with E-state index >= 15 is 0 Å². The number of rotatable bonds is 5. The van der Waals surface area contributed by atoms with Gasteiger partial charge in [-0.2, -0.15) is 0 Å². The zero-order chi connectivity index (χ0) is 12.0. The first kappa shape index (κ1) is 12.6. The maximum Gasteiger partial charge on any atom is 0.221 e. The first-order chi connectivity index (χ1) is 7.63. The summed E-state index contributed by atoms with van der Waals surface area (Å²) in [5.41, 5.74) is 1.21. The fraction of sp³-hybridized carbons (Fsp3) is 0.500. The number of hydrogen-bond acceptors (Lipinski definition) is 3. The molecule has 0 aromatic carbocycles. The molecule has 0 saturated heterocycles. The smallest absolute Gasteiger partial charge is 0.221 e. The second-order valence-electron chi connectivity index (χ2n) is 4.00. The van der Waals surface area contributed by atoms with Crippen LogP contribution in [0, 0.1) is 0 Å². The summed E-state index contributed by atoms with van der Waals surface area (Å²) in [5.74, 6) is 0.0779. The van der Waals surface area contributed by atoms with Gasteiger partial charge in [0.1, 0.15) is 0 Å². The van der Waals surface area contributed by atoms with E-state index in [0.29, 0.717) is 6.42 Å². The molecule has 0 spiro atoms. The lowest BCUT2D eigenvalue weighted by atomic mass is 10.1. The molecule has 1 amide bonds. The number of nitrogens with zero attached hydrogens (tertiary/aromatic N) is 2. The van der Waals surface area contributed by atoms with Gasteiger partial charge in [0.05, 0.1) is 0 Å². The first-order valence-corrected chi connectivity index (χ1v) is 5.43. The molecule has 0 unspecified atom stereocenters. The first-order valence-electron chi connectivity index (χ1n) is 5.43. The molecule has 1 rings (SSSR count). The monoisotopic (exact) mass is 221 g/mol. The Morgan fingerprint density at radius 3 is 2.69 bits per heavy atom. The minimum Gasteiger partial charge on any atom is -0.359 e. The molecule has 0 fully saturated rings. The number of pyridine rings is 1. The fourth-order valence-corrected chi connectivity index (χ4v) is 1.46. The lowest BCUT2D eigenvalue weighted by molar-refractivity contribution is -0.121. The normalized spacial score (nSPS) is 12.5. The van der Waals surface area contributed by atoms with Gasteiger partial charge in [-0.05, 0) is 31.7 Å². The van der Waals surface area contributed by atoms with Crippen molar-refractivity contribution in [3.8, 4) is 0 Å². The lowest BCUT2D eigenvalue weighted by Crippen LogP contribution is -2.33. The van der Waals surface area contributed by atoms with Gasteiger partial charge in [0.15, 0.2) is 0 Å². The van der Waals surface area contributed by atoms with E-state index in [1.165, 1.54) is 5.56 Å². The van der Waals surface area contributed by atoms with Crippen molar-refractivity contribution < 1.29 is 4.79 Å². The average Bonchev–Trinajstić information content (AvgIpc) is 2.30. The van der Waals surface area contributed by atoms with Crippen LogP contribution in [0.15, 0.2) is 24.5 Å². The van der Waals surface area contributed by atoms with Crippen molar-refractivity contribution in [1.29, 1.82) is 0 Å². The molecule has 1 heterocycles. The minimum absolute atomic E-state index is 0.0779. The molecule has 1 aromatic heterocycles. The van der Waals surface area contributed by atoms with E-state index in [2.05, 4.69) is 22.1 Å². The molecule has 0 saturated carbocycles. The van der Waals surface area contributed by atoms with Crippen LogP contribution in [0.4, 0.5) is 0 Å². The summed E-state index contributed by atoms with van der Waals surface area (Å²) in [7, 11) is 3.69. The van der Waals surface area contributed by atoms with E-state index in [9.17, 15) is 4.79 Å². The molecule has 1 aromatic rings. The van der Waals surface area contributed by atoms with Crippen LogP contribution < -0.4 is 5.32 Å². The van der Waals surface area contributed by atoms with Gasteiger partial charge < -0.3 is 5.32 Å². The Hall–Kier alpha value is -1.42. The van der Waals surface area contributed by atoms with Crippen molar-refractivity contribution in [2.24, 2.45) is 0 Å². The summed E-state index contributed by atoms with van der Waals surface area (Å²) in [6.07, 6.45) is 4.09. The van der Waals surface area contributed by atoms with Crippen LogP contribution in [0.2, 0.25) is 0 Å². The van der Waals surface area contributed by atoms with Crippen molar-refractivity contribution >= 4 is 5.91 Å². The second kappa shape index (κ2) is 6.23. The molecular weight excluding hydrogens is 202 g/mol. The van der Waals surface area contributed by atoms with Crippen LogP contribution >= 0.6 is 0 Å². The van der Waals surface area contributed by atoms with E-state index in [0.717, 1.165) is 6.54 Å². The Bertz CT molecular complexity index is 326. The van der Waals surface area contributed by atoms with Crippen LogP contribution in [0.25, 0.3) is 0 Å². The molecule has 4 nitrogen and oxygen atoms in total. The van der Waals surface area contributed by atoms with Gasteiger partial charge in [-0.3, -0.25) is 14.7 Å². The molecule has 4 heteroatoms. The van der Waals surface area contributed by atoms with Crippen molar-refractivity contribution in [2.75, 3.05) is 14.1 Å². The van der Waals surface area contributed by atoms with Crippen LogP contribution in [0.1, 0.15) is 18.9 Å². The highest BCUT2D eigenvalue weighted by molar-refractivity contribution is 5.76. The van der Waals surface area contributed by atoms with Crippen molar-refractivity contribution in [3.05, 3.63) is 30.1 Å². The molecule has 16 heavy (non-hydrogen) atoms. The van der Waals surface area contributed by atoms with Gasteiger partial charge in [0.25, 0.3) is 0 Å². The molecule has 88 valence electrons. The van der Waals surface area contributed by atoms with E-state index in [1.54, 1.807) is 19.4 Å². The number of carbonyl (C=O) groups excluding carboxylic acids is 1. The van der Waals surface area contributed by atoms with Crippen molar-refractivity contribution in [2.45, 2.75) is 25.9 Å². The lowest BCUT2D eigenvalue weighted by Gasteiger charge is -2.23. The Morgan fingerprint density at radius 1 is 1.50 bits per heavy atom. The molecular formula is C12H19N3O. The Morgan fingerprint density at radius 2 is 2.12 bits per heavy atom. The van der Waals surface area contributed by atoms with Gasteiger partial charge in [0.2, 0.25) is 5.91 Å². The van der Waals surface area contributed by atoms with Crippen LogP contribution in [0.3, 0.4) is 0 Å². The van der Waals surface area contributed by atoms with Crippen LogP contribution in [0.5, 0.6) is 0 Å². The second-order valence-corrected chi connectivity index (χ2v) is 4.00. The van der Waals surface area contributed by atoms with Gasteiger partial charge >= 0.3 is 0 Å². The maximum atomic E-state index is 11.2. The number of carbonyl (C=O) groups is 1. The van der Waals surface area contributed by atoms with E-state index in [-0.39, 0.29) is 11.9 Å². The highest BCUT2D eigenvalue weighted by atomic mass is 16.1. The largest absolute Gasteiger partial charge is 0.359 e. The van der Waals surface area contributed by atoms with Gasteiger partial charge in [-0.15, -0.1) is 0 Å². The number of hydrogen-bond donors (Lipinski definition) is 1. The number of aromatic nitrogens is 1. The molecule has 1 N–H and O–H groups in total. The molecule has 0 radical (unpaired) electrons. The van der Waals surface area contributed by atoms with Crippen molar-refractivity contribution in [1.82, 2.24) is 15.2 Å². The molecule has 1 atom stereocenters. The third-order valence-corrected chi connectivity index (χ3v) is 2.69. The molecule has 0 aliphatic heterocycles. The zero-order valence-corrected chi connectivity index (χ0v) is 10.1. The average molecular weight is 221 g/mol. The highest BCUT2D eigenvalue weighted by Crippen LogP contribution is 2.07. The Labute approximate surface area is 96.7 Å². The quantitative estimate of drug-likeness (QED) is 0.808. The number of amides is 1. The fourth-order valence-electron chi connectivity index (χ4n) is 1.46. The topological polar surface area (TPSA) is 45.2 Å². The third-order valence-electron chi connectivity index (χ3n) is 2.69. The maximum absolute atomic E-state index is 11.2. The predicted molar refractivity (Wildman–Crippen MR) is 63.8 cm³/mol. The Kier molecular flexibility index (Phi) is 4.92. The summed E-state index contributed by atoms with van der Waals surface area (Å²) < 4.78 is 0. The van der Waals surface area contributed by atoms with Gasteiger partial charge in [0, 0.05) is 38.4 Å². The third kappa shape index (κ3) is 3.98. The SMILES string of the molecule is CNC(=O)C[C@H](C)N(C)Cc1ccncc1. The number of nitrogens with one attached hydrogen (secondary N) is 1. The van der Waals surface area contributed by atoms with Gasteiger partial charge in [-0.1, -0.05) is 0 Å². The summed E-state index contributed by atoms with van der Waals surface area (Å²) >= 11 is 0.